The van der Waals surface area contributed by atoms with Crippen LogP contribution in [0.2, 0.25) is 0 Å². The van der Waals surface area contributed by atoms with Gasteiger partial charge in [0.1, 0.15) is 5.56 Å². The van der Waals surface area contributed by atoms with Gasteiger partial charge in [-0.1, -0.05) is 43.7 Å². The molecule has 28 heavy (non-hydrogen) atoms. The van der Waals surface area contributed by atoms with Crippen molar-refractivity contribution in [3.8, 4) is 5.88 Å². The molecule has 150 valence electrons. The fourth-order valence-corrected chi connectivity index (χ4v) is 3.46. The van der Waals surface area contributed by atoms with Crippen LogP contribution in [0.25, 0.3) is 0 Å². The molecule has 7 nitrogen and oxygen atoms in total. The molecule has 2 heterocycles. The number of aromatic hydroxyl groups is 1. The van der Waals surface area contributed by atoms with E-state index in [0.29, 0.717) is 6.54 Å². The molecule has 0 saturated carbocycles. The summed E-state index contributed by atoms with van der Waals surface area (Å²) in [5, 5.41) is 10.4. The number of H-pyrrole nitrogens is 1. The van der Waals surface area contributed by atoms with Crippen LogP contribution in [0.15, 0.2) is 44.9 Å². The van der Waals surface area contributed by atoms with Crippen LogP contribution in [0.5, 0.6) is 5.88 Å². The zero-order valence-corrected chi connectivity index (χ0v) is 16.3. The molecule has 0 radical (unpaired) electrons. The summed E-state index contributed by atoms with van der Waals surface area (Å²) in [5.41, 5.74) is 0.181. The maximum atomic E-state index is 12.1. The summed E-state index contributed by atoms with van der Waals surface area (Å²) in [6.07, 6.45) is 4.86. The van der Waals surface area contributed by atoms with E-state index in [2.05, 4.69) is 39.1 Å². The predicted octanol–water partition coefficient (Wildman–Crippen LogP) is 2.13. The maximum Gasteiger partial charge on any atom is 0.331 e. The Kier molecular flexibility index (Phi) is 6.81. The molecule has 3 rings (SSSR count). The number of nitrogens with zero attached hydrogens (tertiary/aromatic N) is 3. The van der Waals surface area contributed by atoms with Gasteiger partial charge in [-0.05, 0) is 24.8 Å². The average molecular weight is 384 g/mol. The lowest BCUT2D eigenvalue weighted by Crippen LogP contribution is -2.35. The molecule has 0 amide bonds. The van der Waals surface area contributed by atoms with Crippen LogP contribution in [-0.4, -0.2) is 44.9 Å². The zero-order chi connectivity index (χ0) is 19.9. The van der Waals surface area contributed by atoms with Gasteiger partial charge in [0.2, 0.25) is 5.88 Å². The van der Waals surface area contributed by atoms with Gasteiger partial charge >= 0.3 is 5.69 Å². The van der Waals surface area contributed by atoms with Crippen LogP contribution in [0.4, 0.5) is 0 Å². The van der Waals surface area contributed by atoms with Gasteiger partial charge in [-0.25, -0.2) is 4.79 Å². The number of nitrogens with one attached hydrogen (secondary N) is 1. The second-order valence-corrected chi connectivity index (χ2v) is 7.27. The van der Waals surface area contributed by atoms with Crippen molar-refractivity contribution in [2.75, 3.05) is 13.1 Å². The number of rotatable bonds is 7. The second kappa shape index (κ2) is 9.50. The molecule has 0 unspecified atom stereocenters. The minimum Gasteiger partial charge on any atom is -0.494 e. The van der Waals surface area contributed by atoms with Crippen LogP contribution in [0.3, 0.4) is 0 Å². The summed E-state index contributed by atoms with van der Waals surface area (Å²) < 4.78 is 1.20. The van der Waals surface area contributed by atoms with Gasteiger partial charge < -0.3 is 5.11 Å². The smallest absolute Gasteiger partial charge is 0.331 e. The number of piperidine rings is 1. The van der Waals surface area contributed by atoms with Gasteiger partial charge in [-0.2, -0.15) is 0 Å². The highest BCUT2D eigenvalue weighted by atomic mass is 16.3. The Hall–Kier alpha value is -2.67. The molecular weight excluding hydrogens is 356 g/mol. The normalized spacial score (nSPS) is 16.0. The first kappa shape index (κ1) is 20.1. The molecule has 1 aliphatic rings. The summed E-state index contributed by atoms with van der Waals surface area (Å²) in [5.74, 6) is -0.299. The summed E-state index contributed by atoms with van der Waals surface area (Å²) in [6, 6.07) is 10.5. The first-order valence-corrected chi connectivity index (χ1v) is 9.94. The number of aliphatic imine (C=N–C) groups is 1. The SMILES string of the molecule is CCCCn1c(O)c(C=NC2CCN(Cc3ccccc3)CC2)c(=O)[nH]c1=O. The average Bonchev–Trinajstić information content (AvgIpc) is 2.69. The standard InChI is InChI=1S/C21H28N4O3/c1-2-3-11-25-20(27)18(19(26)23-21(25)28)14-22-17-9-12-24(13-10-17)15-16-7-5-4-6-8-16/h4-8,14,17,27H,2-3,9-13,15H2,1H3,(H,23,26,28). The minimum atomic E-state index is -0.597. The number of aromatic amines is 1. The van der Waals surface area contributed by atoms with E-state index in [0.717, 1.165) is 45.3 Å². The molecule has 1 saturated heterocycles. The summed E-state index contributed by atoms with van der Waals surface area (Å²) in [4.78, 5) is 33.2. The van der Waals surface area contributed by atoms with Crippen molar-refractivity contribution in [3.63, 3.8) is 0 Å². The van der Waals surface area contributed by atoms with Gasteiger partial charge in [0, 0.05) is 32.4 Å². The fourth-order valence-electron chi connectivity index (χ4n) is 3.46. The highest BCUT2D eigenvalue weighted by Gasteiger charge is 2.19. The zero-order valence-electron chi connectivity index (χ0n) is 16.3. The van der Waals surface area contributed by atoms with E-state index in [4.69, 9.17) is 0 Å². The van der Waals surface area contributed by atoms with E-state index < -0.39 is 11.2 Å². The Morgan fingerprint density at radius 2 is 1.93 bits per heavy atom. The fraction of sp³-hybridized carbons (Fsp3) is 0.476. The third-order valence-electron chi connectivity index (χ3n) is 5.16. The number of unbranched alkanes of at least 4 members (excludes halogenated alkanes) is 1. The molecule has 1 fully saturated rings. The van der Waals surface area contributed by atoms with E-state index in [-0.39, 0.29) is 17.5 Å². The molecule has 1 aliphatic heterocycles. The Balaban J connectivity index is 1.63. The van der Waals surface area contributed by atoms with Crippen molar-refractivity contribution < 1.29 is 5.11 Å². The highest BCUT2D eigenvalue weighted by molar-refractivity contribution is 5.82. The lowest BCUT2D eigenvalue weighted by atomic mass is 10.0. The first-order chi connectivity index (χ1) is 13.6. The quantitative estimate of drug-likeness (QED) is 0.716. The van der Waals surface area contributed by atoms with Gasteiger partial charge in [0.15, 0.2) is 0 Å². The number of benzene rings is 1. The lowest BCUT2D eigenvalue weighted by molar-refractivity contribution is 0.206. The molecule has 1 aromatic carbocycles. The van der Waals surface area contributed by atoms with Crippen LogP contribution < -0.4 is 11.2 Å². The van der Waals surface area contributed by atoms with Crippen LogP contribution >= 0.6 is 0 Å². The Labute approximate surface area is 164 Å². The van der Waals surface area contributed by atoms with Gasteiger partial charge in [0.25, 0.3) is 5.56 Å². The predicted molar refractivity (Wildman–Crippen MR) is 110 cm³/mol. The largest absolute Gasteiger partial charge is 0.494 e. The minimum absolute atomic E-state index is 0.0578. The Bertz CT molecular complexity index is 909. The molecule has 7 heteroatoms. The third-order valence-corrected chi connectivity index (χ3v) is 5.16. The molecular formula is C21H28N4O3. The molecule has 0 spiro atoms. The first-order valence-electron chi connectivity index (χ1n) is 9.94. The monoisotopic (exact) mass is 384 g/mol. The molecule has 0 atom stereocenters. The highest BCUT2D eigenvalue weighted by Crippen LogP contribution is 2.17. The van der Waals surface area contributed by atoms with Crippen molar-refractivity contribution in [1.82, 2.24) is 14.5 Å². The maximum absolute atomic E-state index is 12.1. The van der Waals surface area contributed by atoms with Crippen molar-refractivity contribution in [2.24, 2.45) is 4.99 Å². The van der Waals surface area contributed by atoms with Crippen LogP contribution in [0.1, 0.15) is 43.7 Å². The summed E-state index contributed by atoms with van der Waals surface area (Å²) in [6.45, 7) is 5.18. The molecule has 2 aromatic rings. The van der Waals surface area contributed by atoms with Crippen molar-refractivity contribution >= 4 is 6.21 Å². The van der Waals surface area contributed by atoms with Gasteiger partial charge in [-0.3, -0.25) is 24.2 Å². The van der Waals surface area contributed by atoms with E-state index in [1.165, 1.54) is 16.3 Å². The van der Waals surface area contributed by atoms with Gasteiger partial charge in [0.05, 0.1) is 6.04 Å². The molecule has 0 bridgehead atoms. The third kappa shape index (κ3) is 4.98. The van der Waals surface area contributed by atoms with E-state index in [1.54, 1.807) is 0 Å². The van der Waals surface area contributed by atoms with E-state index in [9.17, 15) is 14.7 Å². The number of likely N-dealkylation sites (tertiary alicyclic amines) is 1. The number of hydrogen-bond donors (Lipinski definition) is 2. The molecule has 0 aliphatic carbocycles. The van der Waals surface area contributed by atoms with Crippen LogP contribution in [-0.2, 0) is 13.1 Å². The second-order valence-electron chi connectivity index (χ2n) is 7.27. The lowest BCUT2D eigenvalue weighted by Gasteiger charge is -2.30. The van der Waals surface area contributed by atoms with E-state index in [1.807, 2.05) is 13.0 Å². The van der Waals surface area contributed by atoms with Crippen molar-refractivity contribution in [2.45, 2.75) is 51.7 Å². The van der Waals surface area contributed by atoms with E-state index >= 15 is 0 Å². The molecule has 1 aromatic heterocycles. The van der Waals surface area contributed by atoms with Crippen molar-refractivity contribution in [3.05, 3.63) is 62.3 Å². The molecule has 2 N–H and O–H groups in total. The number of hydrogen-bond acceptors (Lipinski definition) is 5. The number of aromatic nitrogens is 2. The van der Waals surface area contributed by atoms with Crippen molar-refractivity contribution in [1.29, 1.82) is 0 Å². The topological polar surface area (TPSA) is 90.7 Å². The Morgan fingerprint density at radius 1 is 1.21 bits per heavy atom. The summed E-state index contributed by atoms with van der Waals surface area (Å²) in [7, 11) is 0. The van der Waals surface area contributed by atoms with Crippen LogP contribution in [0, 0.1) is 0 Å². The van der Waals surface area contributed by atoms with Gasteiger partial charge in [-0.15, -0.1) is 0 Å². The summed E-state index contributed by atoms with van der Waals surface area (Å²) >= 11 is 0. The Morgan fingerprint density at radius 3 is 2.61 bits per heavy atom.